The number of carbonyl (C=O) groups is 1. The topological polar surface area (TPSA) is 42.2 Å². The maximum atomic E-state index is 11.7. The van der Waals surface area contributed by atoms with E-state index in [1.807, 2.05) is 0 Å². The molecule has 2 atom stereocenters. The van der Waals surface area contributed by atoms with E-state index in [4.69, 9.17) is 4.42 Å². The van der Waals surface area contributed by atoms with Crippen LogP contribution in [0.15, 0.2) is 22.8 Å². The molecule has 0 aliphatic heterocycles. The molecular weight excluding hydrogens is 178 g/mol. The summed E-state index contributed by atoms with van der Waals surface area (Å²) < 4.78 is 5.06. The van der Waals surface area contributed by atoms with E-state index in [0.717, 1.165) is 19.3 Å². The van der Waals surface area contributed by atoms with E-state index in [1.165, 1.54) is 0 Å². The molecule has 3 nitrogen and oxygen atoms in total. The van der Waals surface area contributed by atoms with Crippen LogP contribution in [0.25, 0.3) is 0 Å². The summed E-state index contributed by atoms with van der Waals surface area (Å²) in [4.78, 5) is 11.7. The molecule has 1 amide bonds. The number of furan rings is 1. The Morgan fingerprint density at radius 1 is 1.57 bits per heavy atom. The Hall–Kier alpha value is -1.25. The number of hydrogen-bond donors (Lipinski definition) is 1. The van der Waals surface area contributed by atoms with Gasteiger partial charge in [0.05, 0.1) is 6.26 Å². The molecule has 1 aliphatic rings. The van der Waals surface area contributed by atoms with Gasteiger partial charge in [-0.1, -0.05) is 6.92 Å². The van der Waals surface area contributed by atoms with E-state index in [1.54, 1.807) is 18.4 Å². The molecule has 1 unspecified atom stereocenters. The Kier molecular flexibility index (Phi) is 2.57. The zero-order valence-corrected chi connectivity index (χ0v) is 8.32. The number of rotatable bonds is 2. The number of amides is 1. The van der Waals surface area contributed by atoms with Gasteiger partial charge in [0, 0.05) is 12.0 Å². The number of carbonyl (C=O) groups excluding carboxylic acids is 1. The number of nitrogens with one attached hydrogen (secondary N) is 1. The molecule has 1 fully saturated rings. The molecule has 1 aliphatic carbocycles. The van der Waals surface area contributed by atoms with E-state index in [9.17, 15) is 4.79 Å². The average Bonchev–Trinajstić information content (AvgIpc) is 2.75. The number of hydrogen-bond acceptors (Lipinski definition) is 2. The molecule has 0 radical (unpaired) electrons. The van der Waals surface area contributed by atoms with Gasteiger partial charge >= 0.3 is 0 Å². The van der Waals surface area contributed by atoms with Gasteiger partial charge in [0.15, 0.2) is 5.88 Å². The Balaban J connectivity index is 1.90. The standard InChI is InChI=1S/C11H15NO2/c1-8-4-5-9(7-8)11(13)12-10-3-2-6-14-10/h2-3,6,8-9H,4-5,7H2,1H3,(H,12,13)/t8-,9?/m0/s1. The second kappa shape index (κ2) is 3.86. The smallest absolute Gasteiger partial charge is 0.229 e. The van der Waals surface area contributed by atoms with Crippen LogP contribution in [0, 0.1) is 11.8 Å². The zero-order chi connectivity index (χ0) is 9.97. The first kappa shape index (κ1) is 9.31. The van der Waals surface area contributed by atoms with Gasteiger partial charge in [0.2, 0.25) is 5.91 Å². The molecule has 14 heavy (non-hydrogen) atoms. The van der Waals surface area contributed by atoms with Crippen LogP contribution < -0.4 is 5.32 Å². The van der Waals surface area contributed by atoms with Gasteiger partial charge in [-0.05, 0) is 31.2 Å². The highest BCUT2D eigenvalue weighted by Crippen LogP contribution is 2.31. The van der Waals surface area contributed by atoms with Crippen molar-refractivity contribution in [2.24, 2.45) is 11.8 Å². The minimum Gasteiger partial charge on any atom is -0.449 e. The zero-order valence-electron chi connectivity index (χ0n) is 8.32. The van der Waals surface area contributed by atoms with Crippen molar-refractivity contribution in [1.29, 1.82) is 0 Å². The van der Waals surface area contributed by atoms with Crippen LogP contribution in [0.1, 0.15) is 26.2 Å². The van der Waals surface area contributed by atoms with Crippen molar-refractivity contribution < 1.29 is 9.21 Å². The summed E-state index contributed by atoms with van der Waals surface area (Å²) in [6.07, 6.45) is 4.74. The van der Waals surface area contributed by atoms with Gasteiger partial charge in [-0.25, -0.2) is 0 Å². The van der Waals surface area contributed by atoms with Crippen LogP contribution in [0.5, 0.6) is 0 Å². The molecule has 1 saturated carbocycles. The van der Waals surface area contributed by atoms with E-state index in [0.29, 0.717) is 11.8 Å². The molecule has 0 spiro atoms. The first-order valence-corrected chi connectivity index (χ1v) is 5.10. The Morgan fingerprint density at radius 3 is 3.00 bits per heavy atom. The van der Waals surface area contributed by atoms with Crippen molar-refractivity contribution in [2.75, 3.05) is 5.32 Å². The van der Waals surface area contributed by atoms with Crippen LogP contribution >= 0.6 is 0 Å². The first-order chi connectivity index (χ1) is 6.75. The average molecular weight is 193 g/mol. The third kappa shape index (κ3) is 1.97. The maximum Gasteiger partial charge on any atom is 0.229 e. The summed E-state index contributed by atoms with van der Waals surface area (Å²) in [7, 11) is 0. The molecule has 1 N–H and O–H groups in total. The molecule has 3 heteroatoms. The second-order valence-electron chi connectivity index (χ2n) is 4.08. The van der Waals surface area contributed by atoms with E-state index >= 15 is 0 Å². The molecule has 1 aromatic rings. The Bertz CT molecular complexity index is 305. The highest BCUT2D eigenvalue weighted by Gasteiger charge is 2.27. The van der Waals surface area contributed by atoms with Crippen molar-refractivity contribution in [1.82, 2.24) is 0 Å². The van der Waals surface area contributed by atoms with Crippen LogP contribution in [-0.4, -0.2) is 5.91 Å². The van der Waals surface area contributed by atoms with E-state index in [-0.39, 0.29) is 11.8 Å². The lowest BCUT2D eigenvalue weighted by Gasteiger charge is -2.08. The molecule has 2 rings (SSSR count). The quantitative estimate of drug-likeness (QED) is 0.784. The van der Waals surface area contributed by atoms with Crippen LogP contribution in [0.2, 0.25) is 0 Å². The first-order valence-electron chi connectivity index (χ1n) is 5.10. The summed E-state index contributed by atoms with van der Waals surface area (Å²) in [6, 6.07) is 3.53. The molecular formula is C11H15NO2. The highest BCUT2D eigenvalue weighted by atomic mass is 16.3. The molecule has 0 saturated heterocycles. The summed E-state index contributed by atoms with van der Waals surface area (Å²) in [5, 5.41) is 2.78. The van der Waals surface area contributed by atoms with Crippen molar-refractivity contribution in [2.45, 2.75) is 26.2 Å². The monoisotopic (exact) mass is 193 g/mol. The van der Waals surface area contributed by atoms with Gasteiger partial charge in [-0.2, -0.15) is 0 Å². The van der Waals surface area contributed by atoms with Gasteiger partial charge in [-0.3, -0.25) is 10.1 Å². The number of anilines is 1. The van der Waals surface area contributed by atoms with Crippen molar-refractivity contribution >= 4 is 11.8 Å². The fraction of sp³-hybridized carbons (Fsp3) is 0.545. The largest absolute Gasteiger partial charge is 0.449 e. The van der Waals surface area contributed by atoms with Crippen LogP contribution in [-0.2, 0) is 4.79 Å². The van der Waals surface area contributed by atoms with Crippen molar-refractivity contribution in [3.05, 3.63) is 18.4 Å². The minimum absolute atomic E-state index is 0.101. The van der Waals surface area contributed by atoms with Gasteiger partial charge in [0.1, 0.15) is 0 Å². The fourth-order valence-corrected chi connectivity index (χ4v) is 2.02. The maximum absolute atomic E-state index is 11.7. The summed E-state index contributed by atoms with van der Waals surface area (Å²) in [5.41, 5.74) is 0. The predicted molar refractivity (Wildman–Crippen MR) is 53.8 cm³/mol. The minimum atomic E-state index is 0.101. The lowest BCUT2D eigenvalue weighted by atomic mass is 10.1. The van der Waals surface area contributed by atoms with Crippen LogP contribution in [0.4, 0.5) is 5.88 Å². The lowest BCUT2D eigenvalue weighted by Crippen LogP contribution is -2.20. The van der Waals surface area contributed by atoms with Crippen molar-refractivity contribution in [3.8, 4) is 0 Å². The van der Waals surface area contributed by atoms with Crippen LogP contribution in [0.3, 0.4) is 0 Å². The SMILES string of the molecule is C[C@H]1CCC(C(=O)Nc2ccco2)C1. The van der Waals surface area contributed by atoms with Gasteiger partial charge < -0.3 is 4.42 Å². The third-order valence-corrected chi connectivity index (χ3v) is 2.83. The Morgan fingerprint density at radius 2 is 2.43 bits per heavy atom. The van der Waals surface area contributed by atoms with Gasteiger partial charge in [-0.15, -0.1) is 0 Å². The molecule has 1 heterocycles. The summed E-state index contributed by atoms with van der Waals surface area (Å²) in [5.74, 6) is 1.51. The summed E-state index contributed by atoms with van der Waals surface area (Å²) in [6.45, 7) is 2.19. The Labute approximate surface area is 83.5 Å². The predicted octanol–water partition coefficient (Wildman–Crippen LogP) is 2.65. The highest BCUT2D eigenvalue weighted by molar-refractivity contribution is 5.91. The second-order valence-corrected chi connectivity index (χ2v) is 4.08. The molecule has 1 aromatic heterocycles. The lowest BCUT2D eigenvalue weighted by molar-refractivity contribution is -0.119. The van der Waals surface area contributed by atoms with E-state index < -0.39 is 0 Å². The van der Waals surface area contributed by atoms with Crippen molar-refractivity contribution in [3.63, 3.8) is 0 Å². The third-order valence-electron chi connectivity index (χ3n) is 2.83. The van der Waals surface area contributed by atoms with E-state index in [2.05, 4.69) is 12.2 Å². The molecule has 76 valence electrons. The molecule has 0 bridgehead atoms. The van der Waals surface area contributed by atoms with Gasteiger partial charge in [0.25, 0.3) is 0 Å². The molecule has 0 aromatic carbocycles. The summed E-state index contributed by atoms with van der Waals surface area (Å²) >= 11 is 0. The fourth-order valence-electron chi connectivity index (χ4n) is 2.02. The normalized spacial score (nSPS) is 26.4.